The second-order valence-corrected chi connectivity index (χ2v) is 4.78. The molecule has 0 heterocycles. The molecule has 4 heteroatoms. The number of aryl methyl sites for hydroxylation is 1. The van der Waals surface area contributed by atoms with E-state index in [1.54, 1.807) is 13.2 Å². The summed E-state index contributed by atoms with van der Waals surface area (Å²) in [5.74, 6) is 0.438. The number of benzene rings is 2. The lowest BCUT2D eigenvalue weighted by atomic mass is 9.98. The monoisotopic (exact) mass is 279 g/mol. The molecule has 0 saturated heterocycles. The first-order valence-corrected chi connectivity index (χ1v) is 6.26. The van der Waals surface area contributed by atoms with Gasteiger partial charge in [0, 0.05) is 5.02 Å². The molecule has 19 heavy (non-hydrogen) atoms. The topological polar surface area (TPSA) is 35.2 Å². The lowest BCUT2D eigenvalue weighted by Gasteiger charge is -2.16. The van der Waals surface area contributed by atoms with E-state index in [2.05, 4.69) is 0 Å². The molecule has 0 spiro atoms. The number of halogens is 2. The maximum absolute atomic E-state index is 13.0. The number of hydrogen-bond acceptors (Lipinski definition) is 2. The molecule has 2 aromatic rings. The molecule has 2 rings (SSSR count). The van der Waals surface area contributed by atoms with Crippen molar-refractivity contribution in [1.82, 2.24) is 0 Å². The molecule has 0 aliphatic heterocycles. The molecular weight excluding hydrogens is 265 g/mol. The number of ether oxygens (including phenoxy) is 1. The van der Waals surface area contributed by atoms with E-state index < -0.39 is 6.04 Å². The van der Waals surface area contributed by atoms with Gasteiger partial charge >= 0.3 is 0 Å². The van der Waals surface area contributed by atoms with Gasteiger partial charge in [0.05, 0.1) is 13.2 Å². The third kappa shape index (κ3) is 2.88. The van der Waals surface area contributed by atoms with Crippen molar-refractivity contribution in [2.45, 2.75) is 13.0 Å². The number of rotatable bonds is 3. The first-order chi connectivity index (χ1) is 9.02. The van der Waals surface area contributed by atoms with Crippen molar-refractivity contribution in [2.24, 2.45) is 5.73 Å². The summed E-state index contributed by atoms with van der Waals surface area (Å²) in [6.45, 7) is 1.95. The van der Waals surface area contributed by atoms with Crippen molar-refractivity contribution >= 4 is 11.6 Å². The summed E-state index contributed by atoms with van der Waals surface area (Å²) in [5.41, 5.74) is 8.78. The Hall–Kier alpha value is -1.58. The largest absolute Gasteiger partial charge is 0.496 e. The second-order valence-electron chi connectivity index (χ2n) is 4.37. The molecule has 100 valence electrons. The Labute approximate surface area is 117 Å². The first kappa shape index (κ1) is 13.8. The van der Waals surface area contributed by atoms with Crippen LogP contribution >= 0.6 is 11.6 Å². The molecule has 1 atom stereocenters. The summed E-state index contributed by atoms with van der Waals surface area (Å²) < 4.78 is 18.2. The average molecular weight is 280 g/mol. The van der Waals surface area contributed by atoms with Gasteiger partial charge in [-0.2, -0.15) is 0 Å². The van der Waals surface area contributed by atoms with Crippen LogP contribution in [-0.4, -0.2) is 7.11 Å². The van der Waals surface area contributed by atoms with E-state index in [1.807, 2.05) is 25.1 Å². The van der Waals surface area contributed by atoms with Gasteiger partial charge in [0.15, 0.2) is 0 Å². The van der Waals surface area contributed by atoms with Gasteiger partial charge in [-0.3, -0.25) is 0 Å². The van der Waals surface area contributed by atoms with E-state index in [0.717, 1.165) is 16.9 Å². The molecule has 2 nitrogen and oxygen atoms in total. The maximum atomic E-state index is 13.0. The van der Waals surface area contributed by atoms with Crippen LogP contribution in [0.2, 0.25) is 5.02 Å². The molecule has 2 aromatic carbocycles. The van der Waals surface area contributed by atoms with Crippen molar-refractivity contribution in [3.05, 3.63) is 63.9 Å². The highest BCUT2D eigenvalue weighted by Crippen LogP contribution is 2.29. The van der Waals surface area contributed by atoms with Crippen LogP contribution in [-0.2, 0) is 0 Å². The Kier molecular flexibility index (Phi) is 4.08. The fourth-order valence-corrected chi connectivity index (χ4v) is 2.31. The van der Waals surface area contributed by atoms with Crippen LogP contribution in [0.3, 0.4) is 0 Å². The van der Waals surface area contributed by atoms with Crippen molar-refractivity contribution in [2.75, 3.05) is 7.11 Å². The molecular formula is C15H15ClFNO. The minimum absolute atomic E-state index is 0.334. The third-order valence-corrected chi connectivity index (χ3v) is 3.40. The van der Waals surface area contributed by atoms with E-state index in [9.17, 15) is 4.39 Å². The van der Waals surface area contributed by atoms with Crippen molar-refractivity contribution in [3.8, 4) is 5.75 Å². The van der Waals surface area contributed by atoms with E-state index in [4.69, 9.17) is 22.1 Å². The van der Waals surface area contributed by atoms with Crippen LogP contribution in [0.1, 0.15) is 22.7 Å². The fourth-order valence-electron chi connectivity index (χ4n) is 2.03. The molecule has 1 unspecified atom stereocenters. The van der Waals surface area contributed by atoms with Crippen molar-refractivity contribution < 1.29 is 9.13 Å². The smallest absolute Gasteiger partial charge is 0.124 e. The third-order valence-electron chi connectivity index (χ3n) is 3.08. The zero-order chi connectivity index (χ0) is 14.0. The molecule has 0 amide bonds. The fraction of sp³-hybridized carbons (Fsp3) is 0.200. The van der Waals surface area contributed by atoms with Gasteiger partial charge in [-0.05, 0) is 41.8 Å². The standard InChI is InChI=1S/C15H15ClFNO/c1-9-7-10(3-6-14(9)19-2)15(18)12-5-4-11(17)8-13(12)16/h3-8,15H,18H2,1-2H3. The van der Waals surface area contributed by atoms with E-state index >= 15 is 0 Å². The van der Waals surface area contributed by atoms with Gasteiger partial charge in [-0.25, -0.2) is 4.39 Å². The normalized spacial score (nSPS) is 12.3. The highest BCUT2D eigenvalue weighted by molar-refractivity contribution is 6.31. The molecule has 0 radical (unpaired) electrons. The summed E-state index contributed by atoms with van der Waals surface area (Å²) in [5, 5.41) is 0.334. The Morgan fingerprint density at radius 2 is 1.95 bits per heavy atom. The van der Waals surface area contributed by atoms with E-state index in [1.165, 1.54) is 12.1 Å². The van der Waals surface area contributed by atoms with Crippen LogP contribution in [0.15, 0.2) is 36.4 Å². The quantitative estimate of drug-likeness (QED) is 0.926. The van der Waals surface area contributed by atoms with Crippen LogP contribution in [0.5, 0.6) is 5.75 Å². The van der Waals surface area contributed by atoms with Gasteiger partial charge < -0.3 is 10.5 Å². The minimum Gasteiger partial charge on any atom is -0.496 e. The van der Waals surface area contributed by atoms with Crippen LogP contribution < -0.4 is 10.5 Å². The summed E-state index contributed by atoms with van der Waals surface area (Å²) in [7, 11) is 1.62. The highest BCUT2D eigenvalue weighted by atomic mass is 35.5. The van der Waals surface area contributed by atoms with Gasteiger partial charge in [-0.15, -0.1) is 0 Å². The van der Waals surface area contributed by atoms with Gasteiger partial charge in [0.2, 0.25) is 0 Å². The number of methoxy groups -OCH3 is 1. The molecule has 0 aliphatic carbocycles. The molecule has 0 aliphatic rings. The lowest BCUT2D eigenvalue weighted by molar-refractivity contribution is 0.411. The zero-order valence-corrected chi connectivity index (χ0v) is 11.5. The molecule has 0 saturated carbocycles. The highest BCUT2D eigenvalue weighted by Gasteiger charge is 2.14. The molecule has 0 aromatic heterocycles. The maximum Gasteiger partial charge on any atom is 0.124 e. The molecule has 0 fully saturated rings. The molecule has 0 bridgehead atoms. The summed E-state index contributed by atoms with van der Waals surface area (Å²) in [6.07, 6.45) is 0. The molecule has 2 N–H and O–H groups in total. The summed E-state index contributed by atoms with van der Waals surface area (Å²) >= 11 is 6.03. The SMILES string of the molecule is COc1ccc(C(N)c2ccc(F)cc2Cl)cc1C. The van der Waals surface area contributed by atoms with Gasteiger partial charge in [-0.1, -0.05) is 29.8 Å². The van der Waals surface area contributed by atoms with Crippen molar-refractivity contribution in [3.63, 3.8) is 0 Å². The number of hydrogen-bond donors (Lipinski definition) is 1. The zero-order valence-electron chi connectivity index (χ0n) is 10.8. The predicted octanol–water partition coefficient (Wildman–Crippen LogP) is 3.84. The minimum atomic E-state index is -0.391. The Balaban J connectivity index is 2.38. The number of nitrogens with two attached hydrogens (primary N) is 1. The second kappa shape index (κ2) is 5.59. The summed E-state index contributed by atoms with van der Waals surface area (Å²) in [4.78, 5) is 0. The average Bonchev–Trinajstić information content (AvgIpc) is 2.38. The summed E-state index contributed by atoms with van der Waals surface area (Å²) in [6, 6.07) is 9.55. The van der Waals surface area contributed by atoms with Crippen molar-refractivity contribution in [1.29, 1.82) is 0 Å². The van der Waals surface area contributed by atoms with Crippen LogP contribution in [0.25, 0.3) is 0 Å². The predicted molar refractivity (Wildman–Crippen MR) is 75.2 cm³/mol. The van der Waals surface area contributed by atoms with Crippen LogP contribution in [0, 0.1) is 12.7 Å². The Morgan fingerprint density at radius 1 is 1.21 bits per heavy atom. The van der Waals surface area contributed by atoms with Gasteiger partial charge in [0.1, 0.15) is 11.6 Å². The Bertz CT molecular complexity index is 601. The van der Waals surface area contributed by atoms with E-state index in [-0.39, 0.29) is 5.82 Å². The van der Waals surface area contributed by atoms with E-state index in [0.29, 0.717) is 10.6 Å². The first-order valence-electron chi connectivity index (χ1n) is 5.88. The van der Waals surface area contributed by atoms with Crippen LogP contribution in [0.4, 0.5) is 4.39 Å². The lowest BCUT2D eigenvalue weighted by Crippen LogP contribution is -2.12. The van der Waals surface area contributed by atoms with Gasteiger partial charge in [0.25, 0.3) is 0 Å². The Morgan fingerprint density at radius 3 is 2.53 bits per heavy atom.